The molecule has 31 heavy (non-hydrogen) atoms. The summed E-state index contributed by atoms with van der Waals surface area (Å²) in [6, 6.07) is 24.4. The number of amides is 1. The van der Waals surface area contributed by atoms with Crippen LogP contribution in [0.25, 0.3) is 0 Å². The number of carbonyl (C=O) groups excluding carboxylic acids is 2. The van der Waals surface area contributed by atoms with Crippen molar-refractivity contribution in [2.24, 2.45) is 0 Å². The molecule has 0 saturated heterocycles. The lowest BCUT2D eigenvalue weighted by molar-refractivity contribution is -0.157. The summed E-state index contributed by atoms with van der Waals surface area (Å²) in [5, 5.41) is 0. The molecular formula is C25H23NO5. The van der Waals surface area contributed by atoms with Crippen molar-refractivity contribution in [1.29, 1.82) is 0 Å². The third kappa shape index (κ3) is 5.04. The summed E-state index contributed by atoms with van der Waals surface area (Å²) in [5.41, 5.74) is 2.76. The molecular weight excluding hydrogens is 394 g/mol. The highest BCUT2D eigenvalue weighted by atomic mass is 16.6. The van der Waals surface area contributed by atoms with E-state index in [9.17, 15) is 9.59 Å². The van der Waals surface area contributed by atoms with Crippen molar-refractivity contribution in [1.82, 2.24) is 0 Å². The Morgan fingerprint density at radius 2 is 1.71 bits per heavy atom. The Bertz CT molecular complexity index is 1070. The van der Waals surface area contributed by atoms with Crippen molar-refractivity contribution in [3.05, 3.63) is 90.0 Å². The van der Waals surface area contributed by atoms with Crippen molar-refractivity contribution in [3.8, 4) is 11.5 Å². The number of anilines is 1. The number of para-hydroxylation sites is 2. The second-order valence-corrected chi connectivity index (χ2v) is 7.28. The van der Waals surface area contributed by atoms with Gasteiger partial charge in [-0.3, -0.25) is 4.79 Å². The molecule has 6 nitrogen and oxygen atoms in total. The van der Waals surface area contributed by atoms with Gasteiger partial charge in [-0.05, 0) is 42.3 Å². The van der Waals surface area contributed by atoms with Crippen LogP contribution in [0.3, 0.4) is 0 Å². The molecule has 158 valence electrons. The number of carbonyl (C=O) groups is 2. The third-order valence-corrected chi connectivity index (χ3v) is 4.91. The number of aryl methyl sites for hydroxylation is 1. The minimum atomic E-state index is -0.913. The van der Waals surface area contributed by atoms with Crippen molar-refractivity contribution in [2.75, 3.05) is 18.1 Å². The Balaban J connectivity index is 1.43. The zero-order valence-corrected chi connectivity index (χ0v) is 17.2. The normalized spacial score (nSPS) is 14.5. The highest BCUT2D eigenvalue weighted by Gasteiger charge is 2.29. The summed E-state index contributed by atoms with van der Waals surface area (Å²) in [6.45, 7) is 1.99. The first-order valence-electron chi connectivity index (χ1n) is 10.1. The quantitative estimate of drug-likeness (QED) is 0.569. The Hall–Kier alpha value is -3.80. The molecule has 0 spiro atoms. The Morgan fingerprint density at radius 1 is 0.968 bits per heavy atom. The molecule has 0 radical (unpaired) electrons. The standard InChI is InChI=1S/C25H23NO5/c1-18-8-7-11-20(14-18)26(15-19-9-3-2-4-10-19)24(27)17-30-25(28)23-16-29-21-12-5-6-13-22(21)31-23/h2-14,23H,15-17H2,1H3. The Morgan fingerprint density at radius 3 is 2.48 bits per heavy atom. The van der Waals surface area contributed by atoms with Gasteiger partial charge in [0, 0.05) is 5.69 Å². The van der Waals surface area contributed by atoms with Crippen LogP contribution in [0.4, 0.5) is 5.69 Å². The average molecular weight is 417 g/mol. The van der Waals surface area contributed by atoms with Crippen LogP contribution in [0.5, 0.6) is 11.5 Å². The predicted molar refractivity (Wildman–Crippen MR) is 116 cm³/mol. The van der Waals surface area contributed by atoms with Crippen molar-refractivity contribution >= 4 is 17.6 Å². The van der Waals surface area contributed by atoms with Gasteiger partial charge < -0.3 is 19.1 Å². The first kappa shape index (κ1) is 20.5. The third-order valence-electron chi connectivity index (χ3n) is 4.91. The number of rotatable bonds is 6. The van der Waals surface area contributed by atoms with Gasteiger partial charge in [-0.15, -0.1) is 0 Å². The van der Waals surface area contributed by atoms with Crippen LogP contribution in [-0.4, -0.2) is 31.2 Å². The number of ether oxygens (including phenoxy) is 3. The molecule has 0 aromatic heterocycles. The van der Waals surface area contributed by atoms with Gasteiger partial charge in [0.1, 0.15) is 6.61 Å². The SMILES string of the molecule is Cc1cccc(N(Cc2ccccc2)C(=O)COC(=O)C2COc3ccccc3O2)c1. The molecule has 6 heteroatoms. The van der Waals surface area contributed by atoms with E-state index in [1.807, 2.05) is 67.6 Å². The molecule has 0 N–H and O–H groups in total. The lowest BCUT2D eigenvalue weighted by atomic mass is 10.1. The van der Waals surface area contributed by atoms with E-state index in [2.05, 4.69) is 0 Å². The largest absolute Gasteiger partial charge is 0.485 e. The number of benzene rings is 3. The van der Waals surface area contributed by atoms with Gasteiger partial charge in [0.2, 0.25) is 6.10 Å². The highest BCUT2D eigenvalue weighted by Crippen LogP contribution is 2.31. The Labute approximate surface area is 181 Å². The van der Waals surface area contributed by atoms with Crippen molar-refractivity contribution < 1.29 is 23.8 Å². The van der Waals surface area contributed by atoms with Crippen LogP contribution < -0.4 is 14.4 Å². The predicted octanol–water partition coefficient (Wildman–Crippen LogP) is 3.91. The summed E-state index contributed by atoms with van der Waals surface area (Å²) in [5.74, 6) is 0.107. The van der Waals surface area contributed by atoms with Gasteiger partial charge in [0.25, 0.3) is 5.91 Å². The molecule has 1 amide bonds. The Kier molecular flexibility index (Phi) is 6.17. The second-order valence-electron chi connectivity index (χ2n) is 7.28. The lowest BCUT2D eigenvalue weighted by Gasteiger charge is -2.26. The molecule has 1 aliphatic heterocycles. The lowest BCUT2D eigenvalue weighted by Crippen LogP contribution is -2.40. The van der Waals surface area contributed by atoms with Crippen LogP contribution in [0.2, 0.25) is 0 Å². The van der Waals surface area contributed by atoms with Crippen LogP contribution in [0.15, 0.2) is 78.9 Å². The molecule has 1 heterocycles. The van der Waals surface area contributed by atoms with Gasteiger partial charge in [-0.25, -0.2) is 4.79 Å². The molecule has 4 rings (SSSR count). The fraction of sp³-hybridized carbons (Fsp3) is 0.200. The van der Waals surface area contributed by atoms with Crippen LogP contribution in [0.1, 0.15) is 11.1 Å². The van der Waals surface area contributed by atoms with E-state index in [1.54, 1.807) is 23.1 Å². The van der Waals surface area contributed by atoms with Gasteiger partial charge >= 0.3 is 5.97 Å². The van der Waals surface area contributed by atoms with Gasteiger partial charge in [-0.2, -0.15) is 0 Å². The van der Waals surface area contributed by atoms with Gasteiger partial charge in [0.15, 0.2) is 18.1 Å². The van der Waals surface area contributed by atoms with Gasteiger partial charge in [-0.1, -0.05) is 54.6 Å². The molecule has 0 aliphatic carbocycles. The summed E-state index contributed by atoms with van der Waals surface area (Å²) in [4.78, 5) is 27.1. The molecule has 0 fully saturated rings. The number of fused-ring (bicyclic) bond motifs is 1. The van der Waals surface area contributed by atoms with E-state index in [4.69, 9.17) is 14.2 Å². The fourth-order valence-electron chi connectivity index (χ4n) is 3.32. The van der Waals surface area contributed by atoms with E-state index < -0.39 is 12.1 Å². The number of hydrogen-bond donors (Lipinski definition) is 0. The maximum atomic E-state index is 13.0. The summed E-state index contributed by atoms with van der Waals surface area (Å²) in [7, 11) is 0. The maximum Gasteiger partial charge on any atom is 0.351 e. The molecule has 0 saturated carbocycles. The van der Waals surface area contributed by atoms with Crippen molar-refractivity contribution in [3.63, 3.8) is 0 Å². The first-order valence-corrected chi connectivity index (χ1v) is 10.1. The second kappa shape index (κ2) is 9.34. The molecule has 3 aromatic rings. The molecule has 3 aromatic carbocycles. The summed E-state index contributed by atoms with van der Waals surface area (Å²) >= 11 is 0. The van der Waals surface area contributed by atoms with E-state index in [-0.39, 0.29) is 19.1 Å². The highest BCUT2D eigenvalue weighted by molar-refractivity contribution is 5.95. The number of esters is 1. The van der Waals surface area contributed by atoms with Crippen LogP contribution in [0, 0.1) is 6.92 Å². The van der Waals surface area contributed by atoms with E-state index in [1.165, 1.54) is 0 Å². The molecule has 1 aliphatic rings. The smallest absolute Gasteiger partial charge is 0.351 e. The van der Waals surface area contributed by atoms with Crippen LogP contribution >= 0.6 is 0 Å². The van der Waals surface area contributed by atoms with Gasteiger partial charge in [0.05, 0.1) is 6.54 Å². The first-order chi connectivity index (χ1) is 15.1. The zero-order valence-electron chi connectivity index (χ0n) is 17.2. The molecule has 0 bridgehead atoms. The van der Waals surface area contributed by atoms with E-state index in [0.717, 1.165) is 16.8 Å². The number of nitrogens with zero attached hydrogens (tertiary/aromatic N) is 1. The maximum absolute atomic E-state index is 13.0. The minimum Gasteiger partial charge on any atom is -0.485 e. The van der Waals surface area contributed by atoms with E-state index >= 15 is 0 Å². The summed E-state index contributed by atoms with van der Waals surface area (Å²) in [6.07, 6.45) is -0.913. The summed E-state index contributed by atoms with van der Waals surface area (Å²) < 4.78 is 16.5. The topological polar surface area (TPSA) is 65.1 Å². The van der Waals surface area contributed by atoms with Crippen LogP contribution in [-0.2, 0) is 20.9 Å². The van der Waals surface area contributed by atoms with E-state index in [0.29, 0.717) is 18.0 Å². The minimum absolute atomic E-state index is 0.0373. The average Bonchev–Trinajstić information content (AvgIpc) is 2.81. The molecule has 1 unspecified atom stereocenters. The zero-order chi connectivity index (χ0) is 21.6. The number of hydrogen-bond acceptors (Lipinski definition) is 5. The van der Waals surface area contributed by atoms with Crippen molar-refractivity contribution in [2.45, 2.75) is 19.6 Å². The fourth-order valence-corrected chi connectivity index (χ4v) is 3.32. The molecule has 1 atom stereocenters. The monoisotopic (exact) mass is 417 g/mol.